The van der Waals surface area contributed by atoms with Crippen LogP contribution >= 0.6 is 0 Å². The molecule has 0 aliphatic carbocycles. The zero-order chi connectivity index (χ0) is 56.8. The average Bonchev–Trinajstić information content (AvgIpc) is 1.80. The number of aromatic nitrogens is 3. The molecule has 84 heavy (non-hydrogen) atoms. The number of hydrogen-bond donors (Lipinski definition) is 0. The lowest BCUT2D eigenvalue weighted by atomic mass is 9.95. The summed E-state index contributed by atoms with van der Waals surface area (Å²) in [5, 5.41) is 34.8. The fourth-order valence-electron chi connectivity index (χ4n) is 11.7. The Morgan fingerprint density at radius 1 is 0.298 bits per heavy atom. The third-order valence-corrected chi connectivity index (χ3v) is 15.8. The van der Waals surface area contributed by atoms with Gasteiger partial charge in [0.05, 0.1) is 92.9 Å². The number of rotatable bonds is 9. The molecule has 3 aromatic heterocycles. The van der Waals surface area contributed by atoms with Gasteiger partial charge in [-0.2, -0.15) is 15.8 Å². The van der Waals surface area contributed by atoms with Crippen molar-refractivity contribution in [2.24, 2.45) is 0 Å². The second-order valence-electron chi connectivity index (χ2n) is 20.7. The molecule has 0 spiro atoms. The van der Waals surface area contributed by atoms with Crippen molar-refractivity contribution in [2.45, 2.75) is 0 Å². The van der Waals surface area contributed by atoms with E-state index in [0.717, 1.165) is 133 Å². The first-order valence-electron chi connectivity index (χ1n) is 27.2. The van der Waals surface area contributed by atoms with E-state index in [4.69, 9.17) is 18.1 Å². The first kappa shape index (κ1) is 49.9. The molecule has 386 valence electrons. The normalized spacial score (nSPS) is 11.0. The van der Waals surface area contributed by atoms with Crippen molar-refractivity contribution in [3.63, 3.8) is 0 Å². The van der Waals surface area contributed by atoms with E-state index in [9.17, 15) is 15.8 Å². The predicted octanol–water partition coefficient (Wildman–Crippen LogP) is 19.7. The standard InChI is InChI=1S/C76H42N8/c1-80-62-29-21-53(22-30-62)59-27-35-72-66(41-59)67-42-60(54-23-31-63(81-2)32-24-54)28-36-73(67)84(72)75-38-50(47-79)37-74(76(75)61-43-68(55-9-5-3-6-10-55)82-69(44-61)56-11-7-4-8-12-56)83-70-33-25-57(51-17-13-48(45-77)14-18-51)39-64(70)65-40-58(26-34-71(65)83)52-19-15-49(46-78)16-20-52/h3-44H. The highest BCUT2D eigenvalue weighted by Crippen LogP contribution is 2.46. The van der Waals surface area contributed by atoms with Gasteiger partial charge >= 0.3 is 0 Å². The van der Waals surface area contributed by atoms with Crippen LogP contribution in [0.3, 0.4) is 0 Å². The molecule has 14 aromatic rings. The number of pyridine rings is 1. The van der Waals surface area contributed by atoms with Crippen LogP contribution in [0.1, 0.15) is 16.7 Å². The van der Waals surface area contributed by atoms with Gasteiger partial charge in [0.2, 0.25) is 0 Å². The maximum atomic E-state index is 11.4. The van der Waals surface area contributed by atoms with Crippen molar-refractivity contribution in [3.05, 3.63) is 294 Å². The van der Waals surface area contributed by atoms with E-state index in [2.05, 4.69) is 146 Å². The Hall–Kier alpha value is -12.4. The molecular weight excluding hydrogens is 1020 g/mol. The second-order valence-corrected chi connectivity index (χ2v) is 20.7. The number of nitriles is 3. The van der Waals surface area contributed by atoms with Gasteiger partial charge in [-0.15, -0.1) is 0 Å². The third kappa shape index (κ3) is 8.74. The molecule has 14 rings (SSSR count). The highest BCUT2D eigenvalue weighted by atomic mass is 15.0. The number of nitrogens with zero attached hydrogens (tertiary/aromatic N) is 8. The van der Waals surface area contributed by atoms with Crippen molar-refractivity contribution >= 4 is 55.0 Å². The topological polar surface area (TPSA) is 103 Å². The summed E-state index contributed by atoms with van der Waals surface area (Å²) in [4.78, 5) is 12.7. The van der Waals surface area contributed by atoms with Crippen molar-refractivity contribution < 1.29 is 0 Å². The first-order valence-corrected chi connectivity index (χ1v) is 27.2. The molecule has 0 amide bonds. The van der Waals surface area contributed by atoms with Crippen molar-refractivity contribution in [1.29, 1.82) is 15.8 Å². The molecule has 11 aromatic carbocycles. The van der Waals surface area contributed by atoms with Gasteiger partial charge in [0.1, 0.15) is 0 Å². The summed E-state index contributed by atoms with van der Waals surface area (Å²) < 4.78 is 4.59. The van der Waals surface area contributed by atoms with Crippen molar-refractivity contribution in [1.82, 2.24) is 14.1 Å². The molecule has 0 fully saturated rings. The monoisotopic (exact) mass is 1070 g/mol. The molecule has 0 aliphatic rings. The minimum Gasteiger partial charge on any atom is -0.308 e. The quantitative estimate of drug-likeness (QED) is 0.134. The molecule has 0 bridgehead atoms. The molecule has 0 aliphatic heterocycles. The summed E-state index contributed by atoms with van der Waals surface area (Å²) in [6.45, 7) is 15.3. The van der Waals surface area contributed by atoms with Crippen LogP contribution in [-0.2, 0) is 0 Å². The molecule has 0 unspecified atom stereocenters. The van der Waals surface area contributed by atoms with E-state index in [1.165, 1.54) is 0 Å². The van der Waals surface area contributed by atoms with Crippen LogP contribution < -0.4 is 0 Å². The Morgan fingerprint density at radius 2 is 0.607 bits per heavy atom. The minimum absolute atomic E-state index is 0.450. The fourth-order valence-corrected chi connectivity index (χ4v) is 11.7. The van der Waals surface area contributed by atoms with Gasteiger partial charge in [0.15, 0.2) is 11.4 Å². The van der Waals surface area contributed by atoms with E-state index in [0.29, 0.717) is 28.1 Å². The fraction of sp³-hybridized carbons (Fsp3) is 0. The Labute approximate surface area is 484 Å². The van der Waals surface area contributed by atoms with Crippen LogP contribution in [0.5, 0.6) is 0 Å². The summed E-state index contributed by atoms with van der Waals surface area (Å²) in [5.74, 6) is 0. The van der Waals surface area contributed by atoms with Crippen LogP contribution in [-0.4, -0.2) is 14.1 Å². The predicted molar refractivity (Wildman–Crippen MR) is 338 cm³/mol. The molecule has 0 atom stereocenters. The summed E-state index contributed by atoms with van der Waals surface area (Å²) >= 11 is 0. The summed E-state index contributed by atoms with van der Waals surface area (Å²) in [7, 11) is 0. The molecular formula is C76H42N8. The van der Waals surface area contributed by atoms with Gasteiger partial charge in [-0.05, 0) is 147 Å². The van der Waals surface area contributed by atoms with Gasteiger partial charge in [0, 0.05) is 38.2 Å². The Morgan fingerprint density at radius 3 is 0.917 bits per heavy atom. The van der Waals surface area contributed by atoms with Gasteiger partial charge in [-0.25, -0.2) is 14.7 Å². The van der Waals surface area contributed by atoms with E-state index in [1.807, 2.05) is 146 Å². The Kier molecular flexibility index (Phi) is 12.3. The lowest BCUT2D eigenvalue weighted by Gasteiger charge is -2.22. The van der Waals surface area contributed by atoms with E-state index in [1.54, 1.807) is 0 Å². The van der Waals surface area contributed by atoms with Gasteiger partial charge in [0.25, 0.3) is 0 Å². The summed E-state index contributed by atoms with van der Waals surface area (Å²) in [6.07, 6.45) is 0. The highest BCUT2D eigenvalue weighted by Gasteiger charge is 2.26. The molecule has 0 saturated carbocycles. The lowest BCUT2D eigenvalue weighted by Crippen LogP contribution is -2.06. The maximum absolute atomic E-state index is 11.4. The smallest absolute Gasteiger partial charge is 0.187 e. The lowest BCUT2D eigenvalue weighted by molar-refractivity contribution is 1.13. The zero-order valence-corrected chi connectivity index (χ0v) is 44.8. The molecule has 8 nitrogen and oxygen atoms in total. The number of fused-ring (bicyclic) bond motifs is 6. The Bertz CT molecular complexity index is 4650. The minimum atomic E-state index is 0.450. The molecule has 8 heteroatoms. The highest BCUT2D eigenvalue weighted by molar-refractivity contribution is 6.14. The summed E-state index contributed by atoms with van der Waals surface area (Å²) in [6, 6.07) is 92.6. The van der Waals surface area contributed by atoms with Gasteiger partial charge < -0.3 is 9.13 Å². The van der Waals surface area contributed by atoms with Crippen LogP contribution in [0.25, 0.3) is 143 Å². The van der Waals surface area contributed by atoms with Crippen molar-refractivity contribution in [3.8, 4) is 108 Å². The van der Waals surface area contributed by atoms with Crippen molar-refractivity contribution in [2.75, 3.05) is 0 Å². The molecule has 0 radical (unpaired) electrons. The maximum Gasteiger partial charge on any atom is 0.187 e. The molecule has 0 N–H and O–H groups in total. The van der Waals surface area contributed by atoms with E-state index in [-0.39, 0.29) is 0 Å². The van der Waals surface area contributed by atoms with E-state index >= 15 is 0 Å². The number of benzene rings is 11. The zero-order valence-electron chi connectivity index (χ0n) is 44.8. The van der Waals surface area contributed by atoms with E-state index < -0.39 is 0 Å². The third-order valence-electron chi connectivity index (χ3n) is 15.8. The first-order chi connectivity index (χ1) is 41.4. The molecule has 3 heterocycles. The SMILES string of the molecule is [C-]#[N+]c1ccc(-c2ccc3c(c2)c2cc(-c4ccc([N+]#[C-])cc4)ccc2n3-c2cc(C#N)cc(-n3c4ccc(-c5ccc(C#N)cc5)cc4c4cc(-c5ccc(C#N)cc5)ccc43)c2-c2cc(-c3ccccc3)nc(-c3ccccc3)c2)cc1. The van der Waals surface area contributed by atoms with Gasteiger partial charge in [-0.1, -0.05) is 158 Å². The largest absolute Gasteiger partial charge is 0.308 e. The summed E-state index contributed by atoms with van der Waals surface area (Å²) in [5.41, 5.74) is 20.9. The van der Waals surface area contributed by atoms with Crippen LogP contribution in [0.4, 0.5) is 11.4 Å². The second kappa shape index (κ2) is 20.7. The van der Waals surface area contributed by atoms with Gasteiger partial charge in [-0.3, -0.25) is 0 Å². The average molecular weight is 1070 g/mol. The molecule has 0 saturated heterocycles. The number of hydrogen-bond acceptors (Lipinski definition) is 4. The van der Waals surface area contributed by atoms with Crippen LogP contribution in [0.15, 0.2) is 255 Å². The van der Waals surface area contributed by atoms with Crippen LogP contribution in [0.2, 0.25) is 0 Å². The van der Waals surface area contributed by atoms with Crippen LogP contribution in [0, 0.1) is 47.1 Å². The Balaban J connectivity index is 1.12.